The van der Waals surface area contributed by atoms with E-state index in [0.29, 0.717) is 11.4 Å². The number of ether oxygens (including phenoxy) is 1. The maximum Gasteiger partial charge on any atom is 0.412 e. The van der Waals surface area contributed by atoms with Crippen LogP contribution in [0.1, 0.15) is 20.8 Å². The Kier molecular flexibility index (Phi) is 3.60. The highest BCUT2D eigenvalue weighted by Gasteiger charge is 2.15. The molecule has 5 nitrogen and oxygen atoms in total. The largest absolute Gasteiger partial charge is 0.444 e. The van der Waals surface area contributed by atoms with Crippen molar-refractivity contribution in [3.8, 4) is 0 Å². The van der Waals surface area contributed by atoms with Gasteiger partial charge >= 0.3 is 6.09 Å². The van der Waals surface area contributed by atoms with Crippen molar-refractivity contribution in [3.63, 3.8) is 0 Å². The molecule has 86 valence electrons. The number of carbonyl (C=O) groups excluding carboxylic acids is 1. The second-order valence-corrected chi connectivity index (χ2v) is 4.27. The predicted octanol–water partition coefficient (Wildman–Crippen LogP) is 3.43. The zero-order valence-electron chi connectivity index (χ0n) is 9.48. The molecule has 0 saturated carbocycles. The monoisotopic (exact) mass is 222 g/mol. The number of carbonyl (C=O) groups is 1. The number of nitrogens with one attached hydrogen (secondary N) is 1. The number of amides is 1. The third kappa shape index (κ3) is 4.08. The average Bonchev–Trinajstić information content (AvgIpc) is 2.16. The highest BCUT2D eigenvalue weighted by Crippen LogP contribution is 2.16. The van der Waals surface area contributed by atoms with Crippen molar-refractivity contribution in [1.82, 2.24) is 0 Å². The van der Waals surface area contributed by atoms with E-state index in [1.807, 2.05) is 0 Å². The van der Waals surface area contributed by atoms with E-state index in [1.165, 1.54) is 12.1 Å². The lowest BCUT2D eigenvalue weighted by Crippen LogP contribution is -2.27. The van der Waals surface area contributed by atoms with Gasteiger partial charge in [-0.25, -0.2) is 4.79 Å². The predicted molar refractivity (Wildman–Crippen MR) is 61.8 cm³/mol. The normalized spacial score (nSPS) is 10.7. The third-order valence-electron chi connectivity index (χ3n) is 1.62. The van der Waals surface area contributed by atoms with Gasteiger partial charge in [-0.3, -0.25) is 5.32 Å². The summed E-state index contributed by atoms with van der Waals surface area (Å²) in [6.45, 7) is 5.35. The van der Waals surface area contributed by atoms with E-state index in [4.69, 9.17) is 4.74 Å². The third-order valence-corrected chi connectivity index (χ3v) is 1.62. The average molecular weight is 222 g/mol. The van der Waals surface area contributed by atoms with Gasteiger partial charge in [0.15, 0.2) is 0 Å². The summed E-state index contributed by atoms with van der Waals surface area (Å²) < 4.78 is 5.06. The molecule has 0 unspecified atom stereocenters. The molecular formula is C11H14N2O3. The fourth-order valence-electron chi connectivity index (χ4n) is 1.03. The number of hydrogen-bond acceptors (Lipinski definition) is 4. The van der Waals surface area contributed by atoms with Gasteiger partial charge in [-0.15, -0.1) is 4.91 Å². The fraction of sp³-hybridized carbons (Fsp3) is 0.364. The van der Waals surface area contributed by atoms with Gasteiger partial charge in [0.05, 0.1) is 0 Å². The number of hydrogen-bond donors (Lipinski definition) is 1. The van der Waals surface area contributed by atoms with Gasteiger partial charge in [-0.05, 0) is 50.2 Å². The minimum atomic E-state index is -0.533. The van der Waals surface area contributed by atoms with E-state index in [1.54, 1.807) is 32.9 Å². The van der Waals surface area contributed by atoms with E-state index >= 15 is 0 Å². The molecule has 1 rings (SSSR count). The van der Waals surface area contributed by atoms with E-state index in [2.05, 4.69) is 10.5 Å². The van der Waals surface area contributed by atoms with E-state index in [-0.39, 0.29) is 0 Å². The maximum atomic E-state index is 11.4. The lowest BCUT2D eigenvalue weighted by molar-refractivity contribution is 0.0636. The van der Waals surface area contributed by atoms with Crippen LogP contribution in [0.15, 0.2) is 29.4 Å². The van der Waals surface area contributed by atoms with Gasteiger partial charge < -0.3 is 4.74 Å². The van der Waals surface area contributed by atoms with Crippen LogP contribution in [0.4, 0.5) is 16.2 Å². The Balaban J connectivity index is 2.59. The molecule has 0 aliphatic rings. The van der Waals surface area contributed by atoms with Crippen LogP contribution in [0.5, 0.6) is 0 Å². The Labute approximate surface area is 93.8 Å². The summed E-state index contributed by atoms with van der Waals surface area (Å²) in [4.78, 5) is 21.5. The van der Waals surface area contributed by atoms with Gasteiger partial charge in [0, 0.05) is 5.69 Å². The van der Waals surface area contributed by atoms with Crippen molar-refractivity contribution in [1.29, 1.82) is 0 Å². The summed E-state index contributed by atoms with van der Waals surface area (Å²) in [5.74, 6) is 0. The minimum Gasteiger partial charge on any atom is -0.444 e. The molecule has 0 spiro atoms. The first kappa shape index (κ1) is 12.2. The summed E-state index contributed by atoms with van der Waals surface area (Å²) in [5, 5.41) is 5.30. The molecule has 0 saturated heterocycles. The Bertz CT molecular complexity index is 379. The van der Waals surface area contributed by atoms with Crippen molar-refractivity contribution < 1.29 is 9.53 Å². The van der Waals surface area contributed by atoms with E-state index in [0.717, 1.165) is 0 Å². The number of rotatable bonds is 2. The van der Waals surface area contributed by atoms with Gasteiger partial charge in [0.25, 0.3) is 0 Å². The zero-order valence-corrected chi connectivity index (χ0v) is 9.48. The summed E-state index contributed by atoms with van der Waals surface area (Å²) >= 11 is 0. The highest BCUT2D eigenvalue weighted by molar-refractivity contribution is 5.85. The second kappa shape index (κ2) is 4.74. The summed E-state index contributed by atoms with van der Waals surface area (Å²) in [6, 6.07) is 6.20. The quantitative estimate of drug-likeness (QED) is 0.779. The molecule has 16 heavy (non-hydrogen) atoms. The van der Waals surface area contributed by atoms with Gasteiger partial charge in [0.1, 0.15) is 11.3 Å². The molecule has 0 aromatic heterocycles. The molecular weight excluding hydrogens is 208 g/mol. The van der Waals surface area contributed by atoms with Crippen molar-refractivity contribution in [3.05, 3.63) is 29.2 Å². The SMILES string of the molecule is CC(C)(C)OC(=O)Nc1ccc(N=O)cc1. The molecule has 0 radical (unpaired) electrons. The molecule has 0 aliphatic heterocycles. The minimum absolute atomic E-state index is 0.315. The second-order valence-electron chi connectivity index (χ2n) is 4.27. The van der Waals surface area contributed by atoms with Gasteiger partial charge in [-0.2, -0.15) is 0 Å². The van der Waals surface area contributed by atoms with Crippen molar-refractivity contribution in [2.75, 3.05) is 5.32 Å². The first-order valence-electron chi connectivity index (χ1n) is 4.84. The van der Waals surface area contributed by atoms with Gasteiger partial charge in [0.2, 0.25) is 0 Å². The zero-order chi connectivity index (χ0) is 12.2. The lowest BCUT2D eigenvalue weighted by atomic mass is 10.2. The van der Waals surface area contributed by atoms with Crippen LogP contribution in [0.3, 0.4) is 0 Å². The molecule has 0 bridgehead atoms. The number of nitrogens with zero attached hydrogens (tertiary/aromatic N) is 1. The van der Waals surface area contributed by atoms with Gasteiger partial charge in [-0.1, -0.05) is 0 Å². The number of anilines is 1. The Morgan fingerprint density at radius 2 is 1.81 bits per heavy atom. The molecule has 1 amide bonds. The number of nitroso groups, excluding NO2 is 1. The first-order valence-corrected chi connectivity index (χ1v) is 4.84. The van der Waals surface area contributed by atoms with Crippen molar-refractivity contribution in [2.45, 2.75) is 26.4 Å². The maximum absolute atomic E-state index is 11.4. The Morgan fingerprint density at radius 3 is 2.25 bits per heavy atom. The summed E-state index contributed by atoms with van der Waals surface area (Å²) in [6.07, 6.45) is -0.528. The van der Waals surface area contributed by atoms with Crippen LogP contribution >= 0.6 is 0 Å². The Hall–Kier alpha value is -1.91. The fourth-order valence-corrected chi connectivity index (χ4v) is 1.03. The van der Waals surface area contributed by atoms with Crippen molar-refractivity contribution >= 4 is 17.5 Å². The molecule has 1 aromatic carbocycles. The van der Waals surface area contributed by atoms with E-state index < -0.39 is 11.7 Å². The van der Waals surface area contributed by atoms with Crippen LogP contribution in [0, 0.1) is 4.91 Å². The number of benzene rings is 1. The van der Waals surface area contributed by atoms with Crippen LogP contribution in [0.2, 0.25) is 0 Å². The summed E-state index contributed by atoms with van der Waals surface area (Å²) in [5.41, 5.74) is 0.338. The molecule has 0 heterocycles. The topological polar surface area (TPSA) is 67.8 Å². The lowest BCUT2D eigenvalue weighted by Gasteiger charge is -2.19. The van der Waals surface area contributed by atoms with Crippen LogP contribution in [-0.2, 0) is 4.74 Å². The van der Waals surface area contributed by atoms with Crippen LogP contribution in [0.25, 0.3) is 0 Å². The standard InChI is InChI=1S/C11H14N2O3/c1-11(2,3)16-10(14)12-8-4-6-9(13-15)7-5-8/h4-7H,1-3H3,(H,12,14). The molecule has 1 aromatic rings. The van der Waals surface area contributed by atoms with Crippen LogP contribution in [-0.4, -0.2) is 11.7 Å². The Morgan fingerprint density at radius 1 is 1.25 bits per heavy atom. The molecule has 0 fully saturated rings. The molecule has 0 aliphatic carbocycles. The summed E-state index contributed by atoms with van der Waals surface area (Å²) in [7, 11) is 0. The molecule has 5 heteroatoms. The molecule has 1 N–H and O–H groups in total. The van der Waals surface area contributed by atoms with Crippen molar-refractivity contribution in [2.24, 2.45) is 5.18 Å². The van der Waals surface area contributed by atoms with Crippen LogP contribution < -0.4 is 5.32 Å². The smallest absolute Gasteiger partial charge is 0.412 e. The molecule has 0 atom stereocenters. The highest BCUT2D eigenvalue weighted by atomic mass is 16.6. The first-order chi connectivity index (χ1) is 7.40. The van der Waals surface area contributed by atoms with E-state index in [9.17, 15) is 9.70 Å².